The van der Waals surface area contributed by atoms with Gasteiger partial charge in [0.15, 0.2) is 5.82 Å². The molecule has 3 aromatic rings. The number of carbonyl (C=O) groups excluding carboxylic acids is 1. The van der Waals surface area contributed by atoms with Gasteiger partial charge in [0.05, 0.1) is 5.69 Å². The van der Waals surface area contributed by atoms with Crippen molar-refractivity contribution in [2.45, 2.75) is 6.92 Å². The van der Waals surface area contributed by atoms with Crippen LogP contribution in [0, 0.1) is 18.6 Å². The Kier molecular flexibility index (Phi) is 5.16. The minimum atomic E-state index is -0.898. The molecular formula is C17H16F2N6O. The Morgan fingerprint density at radius 3 is 2.62 bits per heavy atom. The summed E-state index contributed by atoms with van der Waals surface area (Å²) in [5.41, 5.74) is 0.270. The first-order valence-corrected chi connectivity index (χ1v) is 7.85. The molecule has 2 heterocycles. The molecule has 0 aliphatic carbocycles. The van der Waals surface area contributed by atoms with Crippen molar-refractivity contribution < 1.29 is 13.6 Å². The molecule has 0 atom stereocenters. The Hall–Kier alpha value is -3.36. The second kappa shape index (κ2) is 7.68. The molecule has 0 spiro atoms. The molecule has 2 N–H and O–H groups in total. The van der Waals surface area contributed by atoms with Crippen molar-refractivity contribution in [1.82, 2.24) is 25.1 Å². The third-order valence-electron chi connectivity index (χ3n) is 3.52. The fourth-order valence-corrected chi connectivity index (χ4v) is 2.28. The van der Waals surface area contributed by atoms with Crippen LogP contribution in [0.3, 0.4) is 0 Å². The fraction of sp³-hybridized carbons (Fsp3) is 0.176. The number of nitrogens with zero attached hydrogens (tertiary/aromatic N) is 4. The number of anilines is 1. The van der Waals surface area contributed by atoms with E-state index in [1.807, 2.05) is 13.0 Å². The molecule has 0 fully saturated rings. The van der Waals surface area contributed by atoms with E-state index in [9.17, 15) is 13.6 Å². The van der Waals surface area contributed by atoms with E-state index in [-0.39, 0.29) is 6.54 Å². The molecule has 0 saturated heterocycles. The van der Waals surface area contributed by atoms with Crippen LogP contribution < -0.4 is 10.6 Å². The van der Waals surface area contributed by atoms with Crippen LogP contribution >= 0.6 is 0 Å². The highest BCUT2D eigenvalue weighted by atomic mass is 19.1. The van der Waals surface area contributed by atoms with Crippen LogP contribution in [0.4, 0.5) is 14.6 Å². The van der Waals surface area contributed by atoms with Crippen molar-refractivity contribution in [3.05, 3.63) is 65.7 Å². The maximum atomic E-state index is 13.5. The normalized spacial score (nSPS) is 10.6. The second-order valence-electron chi connectivity index (χ2n) is 5.44. The molecule has 0 radical (unpaired) electrons. The van der Waals surface area contributed by atoms with Gasteiger partial charge in [-0.25, -0.2) is 23.4 Å². The Bertz CT molecular complexity index is 907. The van der Waals surface area contributed by atoms with Crippen LogP contribution in [0.1, 0.15) is 16.1 Å². The maximum absolute atomic E-state index is 13.5. The molecule has 7 nitrogen and oxygen atoms in total. The van der Waals surface area contributed by atoms with Crippen molar-refractivity contribution in [2.24, 2.45) is 0 Å². The van der Waals surface area contributed by atoms with Gasteiger partial charge in [0.2, 0.25) is 0 Å². The molecule has 2 aromatic heterocycles. The van der Waals surface area contributed by atoms with Crippen LogP contribution in [0.25, 0.3) is 5.82 Å². The van der Waals surface area contributed by atoms with E-state index in [1.54, 1.807) is 16.9 Å². The molecule has 0 aliphatic rings. The SMILES string of the molecule is Cc1ccn(-c2cc(NCCNC(=O)c3c(F)cccc3F)ncn2)n1. The summed E-state index contributed by atoms with van der Waals surface area (Å²) in [6, 6.07) is 6.83. The van der Waals surface area contributed by atoms with Gasteiger partial charge in [0, 0.05) is 25.4 Å². The van der Waals surface area contributed by atoms with Gasteiger partial charge in [-0.15, -0.1) is 0 Å². The Morgan fingerprint density at radius 2 is 1.92 bits per heavy atom. The summed E-state index contributed by atoms with van der Waals surface area (Å²) in [4.78, 5) is 20.1. The lowest BCUT2D eigenvalue weighted by Crippen LogP contribution is -2.30. The van der Waals surface area contributed by atoms with E-state index in [2.05, 4.69) is 25.7 Å². The predicted molar refractivity (Wildman–Crippen MR) is 91.1 cm³/mol. The zero-order valence-corrected chi connectivity index (χ0v) is 13.9. The van der Waals surface area contributed by atoms with Gasteiger partial charge in [-0.1, -0.05) is 6.07 Å². The van der Waals surface area contributed by atoms with E-state index in [4.69, 9.17) is 0 Å². The molecule has 1 aromatic carbocycles. The smallest absolute Gasteiger partial charge is 0.257 e. The number of rotatable bonds is 6. The van der Waals surface area contributed by atoms with Crippen LogP contribution in [0.2, 0.25) is 0 Å². The minimum absolute atomic E-state index is 0.160. The van der Waals surface area contributed by atoms with Crippen molar-refractivity contribution in [2.75, 3.05) is 18.4 Å². The van der Waals surface area contributed by atoms with Crippen molar-refractivity contribution >= 4 is 11.7 Å². The lowest BCUT2D eigenvalue weighted by atomic mass is 10.2. The summed E-state index contributed by atoms with van der Waals surface area (Å²) in [5, 5.41) is 9.72. The Morgan fingerprint density at radius 1 is 1.15 bits per heavy atom. The van der Waals surface area contributed by atoms with Gasteiger partial charge in [0.25, 0.3) is 5.91 Å². The first-order chi connectivity index (χ1) is 12.5. The third-order valence-corrected chi connectivity index (χ3v) is 3.52. The molecule has 0 aliphatic heterocycles. The third kappa shape index (κ3) is 4.00. The van der Waals surface area contributed by atoms with Gasteiger partial charge in [-0.2, -0.15) is 5.10 Å². The number of carbonyl (C=O) groups is 1. The van der Waals surface area contributed by atoms with Crippen molar-refractivity contribution in [3.63, 3.8) is 0 Å². The molecule has 3 rings (SSSR count). The Labute approximate surface area is 148 Å². The first kappa shape index (κ1) is 17.5. The summed E-state index contributed by atoms with van der Waals surface area (Å²) in [5.74, 6) is -1.48. The quantitative estimate of drug-likeness (QED) is 0.659. The summed E-state index contributed by atoms with van der Waals surface area (Å²) in [6.07, 6.45) is 3.17. The highest BCUT2D eigenvalue weighted by Crippen LogP contribution is 2.11. The zero-order chi connectivity index (χ0) is 18.5. The Balaban J connectivity index is 1.55. The highest BCUT2D eigenvalue weighted by molar-refractivity contribution is 5.94. The summed E-state index contributed by atoms with van der Waals surface area (Å²) >= 11 is 0. The maximum Gasteiger partial charge on any atom is 0.257 e. The van der Waals surface area contributed by atoms with E-state index in [1.165, 1.54) is 12.4 Å². The average molecular weight is 358 g/mol. The summed E-state index contributed by atoms with van der Waals surface area (Å²) < 4.78 is 28.7. The number of hydrogen-bond donors (Lipinski definition) is 2. The second-order valence-corrected chi connectivity index (χ2v) is 5.44. The van der Waals surface area contributed by atoms with Crippen LogP contribution in [-0.2, 0) is 0 Å². The number of aryl methyl sites for hydroxylation is 1. The lowest BCUT2D eigenvalue weighted by molar-refractivity contribution is 0.0946. The molecular weight excluding hydrogens is 342 g/mol. The van der Waals surface area contributed by atoms with Crippen LogP contribution in [-0.4, -0.2) is 38.7 Å². The summed E-state index contributed by atoms with van der Waals surface area (Å²) in [6.45, 7) is 2.35. The molecule has 9 heteroatoms. The molecule has 0 unspecified atom stereocenters. The molecule has 0 bridgehead atoms. The number of aromatic nitrogens is 4. The molecule has 0 saturated carbocycles. The zero-order valence-electron chi connectivity index (χ0n) is 13.9. The van der Waals surface area contributed by atoms with Gasteiger partial charge < -0.3 is 10.6 Å². The number of halogens is 2. The van der Waals surface area contributed by atoms with Gasteiger partial charge in [-0.3, -0.25) is 4.79 Å². The van der Waals surface area contributed by atoms with Crippen molar-refractivity contribution in [1.29, 1.82) is 0 Å². The number of benzene rings is 1. The lowest BCUT2D eigenvalue weighted by Gasteiger charge is -2.09. The van der Waals surface area contributed by atoms with Gasteiger partial charge in [0.1, 0.15) is 29.3 Å². The highest BCUT2D eigenvalue weighted by Gasteiger charge is 2.16. The summed E-state index contributed by atoms with van der Waals surface area (Å²) in [7, 11) is 0. The largest absolute Gasteiger partial charge is 0.368 e. The van der Waals surface area contributed by atoms with E-state index in [0.29, 0.717) is 18.2 Å². The van der Waals surface area contributed by atoms with Gasteiger partial charge in [-0.05, 0) is 25.1 Å². The average Bonchev–Trinajstić information content (AvgIpc) is 3.05. The molecule has 26 heavy (non-hydrogen) atoms. The number of nitrogens with one attached hydrogen (secondary N) is 2. The van der Waals surface area contributed by atoms with E-state index >= 15 is 0 Å². The van der Waals surface area contributed by atoms with Crippen molar-refractivity contribution in [3.8, 4) is 5.82 Å². The van der Waals surface area contributed by atoms with E-state index < -0.39 is 23.1 Å². The van der Waals surface area contributed by atoms with Crippen LogP contribution in [0.15, 0.2) is 42.9 Å². The molecule has 134 valence electrons. The standard InChI is InChI=1S/C17H16F2N6O/c1-11-5-8-25(24-11)15-9-14(22-10-23-15)20-6-7-21-17(26)16-12(18)3-2-4-13(16)19/h2-5,8-10H,6-7H2,1H3,(H,21,26)(H,20,22,23). The monoisotopic (exact) mass is 358 g/mol. The van der Waals surface area contributed by atoms with Crippen LogP contribution in [0.5, 0.6) is 0 Å². The minimum Gasteiger partial charge on any atom is -0.368 e. The van der Waals surface area contributed by atoms with E-state index in [0.717, 1.165) is 17.8 Å². The van der Waals surface area contributed by atoms with Gasteiger partial charge >= 0.3 is 0 Å². The molecule has 1 amide bonds. The number of hydrogen-bond acceptors (Lipinski definition) is 5. The first-order valence-electron chi connectivity index (χ1n) is 7.85. The fourth-order valence-electron chi connectivity index (χ4n) is 2.28. The predicted octanol–water partition coefficient (Wildman–Crippen LogP) is 2.09. The topological polar surface area (TPSA) is 84.7 Å². The number of amides is 1.